The predicted molar refractivity (Wildman–Crippen MR) is 120 cm³/mol. The molecule has 1 aromatic heterocycles. The third-order valence-electron chi connectivity index (χ3n) is 6.31. The SMILES string of the molecule is CCc1ccc2c(c1)C1(CCN(C(=O)Nc3cnc(-c4ccccc4)cn3)CC1)OC2=O. The average Bonchev–Trinajstić information content (AvgIpc) is 3.11. The van der Waals surface area contributed by atoms with Crippen LogP contribution in [-0.2, 0) is 16.8 Å². The molecule has 5 rings (SSSR count). The number of carbonyl (C=O) groups excluding carboxylic acids is 2. The van der Waals surface area contributed by atoms with Crippen molar-refractivity contribution in [3.8, 4) is 11.3 Å². The molecule has 32 heavy (non-hydrogen) atoms. The van der Waals surface area contributed by atoms with Gasteiger partial charge in [-0.3, -0.25) is 10.3 Å². The Morgan fingerprint density at radius 2 is 1.88 bits per heavy atom. The average molecular weight is 428 g/mol. The Labute approximate surface area is 186 Å². The molecule has 2 aliphatic heterocycles. The maximum absolute atomic E-state index is 12.8. The molecule has 7 nitrogen and oxygen atoms in total. The van der Waals surface area contributed by atoms with Gasteiger partial charge in [0.15, 0.2) is 5.82 Å². The first kappa shape index (κ1) is 20.2. The molecule has 0 bridgehead atoms. The maximum Gasteiger partial charge on any atom is 0.339 e. The van der Waals surface area contributed by atoms with Crippen molar-refractivity contribution in [2.75, 3.05) is 18.4 Å². The lowest BCUT2D eigenvalue weighted by atomic mass is 9.83. The normalized spacial score (nSPS) is 16.5. The summed E-state index contributed by atoms with van der Waals surface area (Å²) in [5.74, 6) is 0.134. The number of piperidine rings is 1. The van der Waals surface area contributed by atoms with E-state index in [0.29, 0.717) is 37.3 Å². The molecular formula is C25H24N4O3. The summed E-state index contributed by atoms with van der Waals surface area (Å²) in [5, 5.41) is 2.82. The van der Waals surface area contributed by atoms with Gasteiger partial charge >= 0.3 is 12.0 Å². The standard InChI is InChI=1S/C25H24N4O3/c1-2-17-8-9-19-20(14-17)25(32-23(19)30)10-12-29(13-11-25)24(31)28-22-16-26-21(15-27-22)18-6-4-3-5-7-18/h3-9,14-16H,2,10-13H2,1H3,(H,27,28,31). The highest BCUT2D eigenvalue weighted by Crippen LogP contribution is 2.44. The zero-order valence-electron chi connectivity index (χ0n) is 17.9. The van der Waals surface area contributed by atoms with Crippen molar-refractivity contribution >= 4 is 17.8 Å². The Kier molecular flexibility index (Phi) is 5.09. The number of ether oxygens (including phenoxy) is 1. The van der Waals surface area contributed by atoms with E-state index in [-0.39, 0.29) is 12.0 Å². The van der Waals surface area contributed by atoms with Crippen molar-refractivity contribution in [3.63, 3.8) is 0 Å². The Balaban J connectivity index is 1.25. The Hall–Kier alpha value is -3.74. The molecule has 1 saturated heterocycles. The van der Waals surface area contributed by atoms with E-state index >= 15 is 0 Å². The minimum absolute atomic E-state index is 0.228. The fourth-order valence-electron chi connectivity index (χ4n) is 4.44. The number of nitrogens with one attached hydrogen (secondary N) is 1. The summed E-state index contributed by atoms with van der Waals surface area (Å²) in [6.07, 6.45) is 5.26. The lowest BCUT2D eigenvalue weighted by Crippen LogP contribution is -2.47. The van der Waals surface area contributed by atoms with Gasteiger partial charge in [-0.05, 0) is 18.1 Å². The second kappa shape index (κ2) is 8.07. The number of nitrogens with zero attached hydrogens (tertiary/aromatic N) is 3. The molecule has 2 aromatic carbocycles. The van der Waals surface area contributed by atoms with E-state index in [2.05, 4.69) is 28.3 Å². The number of aromatic nitrogens is 2. The van der Waals surface area contributed by atoms with Crippen LogP contribution in [0.2, 0.25) is 0 Å². The van der Waals surface area contributed by atoms with Gasteiger partial charge in [0.05, 0.1) is 23.7 Å². The number of esters is 1. The molecule has 0 radical (unpaired) electrons. The first-order valence-corrected chi connectivity index (χ1v) is 10.9. The van der Waals surface area contributed by atoms with Gasteiger partial charge in [-0.25, -0.2) is 14.6 Å². The first-order valence-electron chi connectivity index (χ1n) is 10.9. The summed E-state index contributed by atoms with van der Waals surface area (Å²) in [6, 6.07) is 15.5. The Morgan fingerprint density at radius 3 is 2.56 bits per heavy atom. The second-order valence-electron chi connectivity index (χ2n) is 8.19. The molecule has 0 aliphatic carbocycles. The topological polar surface area (TPSA) is 84.4 Å². The molecule has 0 unspecified atom stereocenters. The fraction of sp³-hybridized carbons (Fsp3) is 0.280. The molecule has 1 N–H and O–H groups in total. The van der Waals surface area contributed by atoms with E-state index in [1.165, 1.54) is 5.56 Å². The van der Waals surface area contributed by atoms with Crippen molar-refractivity contribution in [2.45, 2.75) is 31.8 Å². The third kappa shape index (κ3) is 3.60. The smallest absolute Gasteiger partial charge is 0.339 e. The molecule has 7 heteroatoms. The lowest BCUT2D eigenvalue weighted by molar-refractivity contribution is -0.0363. The number of carbonyl (C=O) groups is 2. The Morgan fingerprint density at radius 1 is 1.09 bits per heavy atom. The fourth-order valence-corrected chi connectivity index (χ4v) is 4.44. The van der Waals surface area contributed by atoms with Crippen molar-refractivity contribution in [1.82, 2.24) is 14.9 Å². The van der Waals surface area contributed by atoms with Crippen LogP contribution in [0, 0.1) is 0 Å². The van der Waals surface area contributed by atoms with E-state index < -0.39 is 5.60 Å². The van der Waals surface area contributed by atoms with Gasteiger partial charge < -0.3 is 9.64 Å². The number of urea groups is 1. The molecule has 1 fully saturated rings. The van der Waals surface area contributed by atoms with Gasteiger partial charge in [0.25, 0.3) is 0 Å². The zero-order chi connectivity index (χ0) is 22.1. The molecule has 1 spiro atoms. The van der Waals surface area contributed by atoms with Gasteiger partial charge in [-0.2, -0.15) is 0 Å². The number of hydrogen-bond acceptors (Lipinski definition) is 5. The van der Waals surface area contributed by atoms with Crippen LogP contribution < -0.4 is 5.32 Å². The molecule has 2 amide bonds. The van der Waals surface area contributed by atoms with Crippen molar-refractivity contribution in [3.05, 3.63) is 77.6 Å². The van der Waals surface area contributed by atoms with Crippen LogP contribution in [0.4, 0.5) is 10.6 Å². The molecule has 0 atom stereocenters. The predicted octanol–water partition coefficient (Wildman–Crippen LogP) is 4.40. The summed E-state index contributed by atoms with van der Waals surface area (Å²) in [6.45, 7) is 3.07. The number of aryl methyl sites for hydroxylation is 1. The van der Waals surface area contributed by atoms with Gasteiger partial charge in [0.2, 0.25) is 0 Å². The van der Waals surface area contributed by atoms with Gasteiger partial charge in [-0.15, -0.1) is 0 Å². The molecule has 3 aromatic rings. The summed E-state index contributed by atoms with van der Waals surface area (Å²) in [4.78, 5) is 35.6. The third-order valence-corrected chi connectivity index (χ3v) is 6.31. The van der Waals surface area contributed by atoms with Crippen LogP contribution in [0.15, 0.2) is 60.9 Å². The van der Waals surface area contributed by atoms with Crippen LogP contribution in [0.5, 0.6) is 0 Å². The number of fused-ring (bicyclic) bond motifs is 2. The van der Waals surface area contributed by atoms with E-state index in [1.807, 2.05) is 42.5 Å². The number of hydrogen-bond donors (Lipinski definition) is 1. The van der Waals surface area contributed by atoms with Crippen molar-refractivity contribution in [1.29, 1.82) is 0 Å². The van der Waals surface area contributed by atoms with Gasteiger partial charge in [0.1, 0.15) is 5.60 Å². The number of amides is 2. The van der Waals surface area contributed by atoms with Crippen LogP contribution in [0.3, 0.4) is 0 Å². The van der Waals surface area contributed by atoms with Crippen LogP contribution >= 0.6 is 0 Å². The highest BCUT2D eigenvalue weighted by atomic mass is 16.6. The van der Waals surface area contributed by atoms with E-state index in [1.54, 1.807) is 17.3 Å². The van der Waals surface area contributed by atoms with Crippen molar-refractivity contribution < 1.29 is 14.3 Å². The highest BCUT2D eigenvalue weighted by molar-refractivity contribution is 5.95. The zero-order valence-corrected chi connectivity index (χ0v) is 17.9. The quantitative estimate of drug-likeness (QED) is 0.625. The molecule has 162 valence electrons. The second-order valence-corrected chi connectivity index (χ2v) is 8.19. The summed E-state index contributed by atoms with van der Waals surface area (Å²) in [7, 11) is 0. The van der Waals surface area contributed by atoms with Crippen molar-refractivity contribution in [2.24, 2.45) is 0 Å². The number of rotatable bonds is 3. The molecule has 3 heterocycles. The molecule has 2 aliphatic rings. The van der Waals surface area contributed by atoms with Crippen LogP contribution in [0.1, 0.15) is 41.3 Å². The number of benzene rings is 2. The molecular weight excluding hydrogens is 404 g/mol. The summed E-state index contributed by atoms with van der Waals surface area (Å²) in [5.41, 5.74) is 3.87. The highest BCUT2D eigenvalue weighted by Gasteiger charge is 2.48. The van der Waals surface area contributed by atoms with E-state index in [0.717, 1.165) is 23.2 Å². The van der Waals surface area contributed by atoms with E-state index in [4.69, 9.17) is 4.74 Å². The number of likely N-dealkylation sites (tertiary alicyclic amines) is 1. The minimum atomic E-state index is -0.633. The van der Waals surface area contributed by atoms with Crippen LogP contribution in [0.25, 0.3) is 11.3 Å². The van der Waals surface area contributed by atoms with Crippen LogP contribution in [-0.4, -0.2) is 40.0 Å². The maximum atomic E-state index is 12.8. The first-order chi connectivity index (χ1) is 15.6. The Bertz CT molecular complexity index is 1150. The van der Waals surface area contributed by atoms with E-state index in [9.17, 15) is 9.59 Å². The lowest BCUT2D eigenvalue weighted by Gasteiger charge is -2.38. The molecule has 0 saturated carbocycles. The van der Waals surface area contributed by atoms with Gasteiger partial charge in [-0.1, -0.05) is 49.4 Å². The monoisotopic (exact) mass is 428 g/mol. The largest absolute Gasteiger partial charge is 0.450 e. The number of anilines is 1. The minimum Gasteiger partial charge on any atom is -0.450 e. The summed E-state index contributed by atoms with van der Waals surface area (Å²) >= 11 is 0. The van der Waals surface area contributed by atoms with Gasteiger partial charge in [0, 0.05) is 37.1 Å². The summed E-state index contributed by atoms with van der Waals surface area (Å²) < 4.78 is 5.84.